The van der Waals surface area contributed by atoms with Gasteiger partial charge >= 0.3 is 6.09 Å². The average Bonchev–Trinajstić information content (AvgIpc) is 3.26. The molecule has 0 bridgehead atoms. The molecule has 8 heteroatoms. The minimum absolute atomic E-state index is 0.0252. The number of ether oxygens (including phenoxy) is 5. The van der Waals surface area contributed by atoms with Gasteiger partial charge in [0.2, 0.25) is 6.79 Å². The van der Waals surface area contributed by atoms with E-state index in [-0.39, 0.29) is 25.3 Å². The van der Waals surface area contributed by atoms with Crippen LogP contribution >= 0.6 is 0 Å². The fourth-order valence-corrected chi connectivity index (χ4v) is 4.03. The van der Waals surface area contributed by atoms with Crippen LogP contribution in [-0.2, 0) is 4.74 Å². The molecule has 2 aliphatic heterocycles. The lowest BCUT2D eigenvalue weighted by atomic mass is 9.87. The molecule has 2 heterocycles. The predicted octanol–water partition coefficient (Wildman–Crippen LogP) is 4.35. The first-order chi connectivity index (χ1) is 16.3. The number of aliphatic hydroxyl groups excluding tert-OH is 1. The lowest BCUT2D eigenvalue weighted by Crippen LogP contribution is -2.47. The van der Waals surface area contributed by atoms with Gasteiger partial charge in [-0.3, -0.25) is 0 Å². The van der Waals surface area contributed by atoms with Gasteiger partial charge < -0.3 is 33.7 Å². The molecule has 34 heavy (non-hydrogen) atoms. The van der Waals surface area contributed by atoms with E-state index in [1.807, 2.05) is 63.2 Å². The molecule has 0 spiro atoms. The standard InChI is InChI=1S/C26H33NO7/c1-26(2,3)34-25(29)27-12-11-21(22(28)16-27)18-5-7-19(8-6-18)30-13-4-14-31-20-9-10-23-24(15-20)33-17-32-23/h5-10,15,21-22,28H,4,11-14,16-17H2,1-3H3. The van der Waals surface area contributed by atoms with E-state index in [9.17, 15) is 9.90 Å². The Morgan fingerprint density at radius 3 is 2.41 bits per heavy atom. The van der Waals surface area contributed by atoms with Crippen LogP contribution in [0.25, 0.3) is 0 Å². The number of likely N-dealkylation sites (tertiary alicyclic amines) is 1. The molecule has 1 saturated heterocycles. The highest BCUT2D eigenvalue weighted by molar-refractivity contribution is 5.68. The smallest absolute Gasteiger partial charge is 0.410 e. The minimum Gasteiger partial charge on any atom is -0.493 e. The Kier molecular flexibility index (Phi) is 7.36. The summed E-state index contributed by atoms with van der Waals surface area (Å²) in [6, 6.07) is 13.3. The molecule has 2 aromatic rings. The summed E-state index contributed by atoms with van der Waals surface area (Å²) in [6.45, 7) is 7.63. The van der Waals surface area contributed by atoms with Crippen LogP contribution in [0.5, 0.6) is 23.0 Å². The lowest BCUT2D eigenvalue weighted by Gasteiger charge is -2.36. The number of piperidine rings is 1. The van der Waals surface area contributed by atoms with Crippen LogP contribution in [0.2, 0.25) is 0 Å². The first kappa shape index (κ1) is 24.0. The number of carbonyl (C=O) groups excluding carboxylic acids is 1. The number of fused-ring (bicyclic) bond motifs is 1. The largest absolute Gasteiger partial charge is 0.493 e. The Balaban J connectivity index is 1.18. The Morgan fingerprint density at radius 1 is 1.03 bits per heavy atom. The van der Waals surface area contributed by atoms with Crippen LogP contribution < -0.4 is 18.9 Å². The number of aliphatic hydroxyl groups is 1. The molecule has 0 saturated carbocycles. The SMILES string of the molecule is CC(C)(C)OC(=O)N1CCC(c2ccc(OCCCOc3ccc4c(c3)OCO4)cc2)C(O)C1. The van der Waals surface area contributed by atoms with Crippen molar-refractivity contribution >= 4 is 6.09 Å². The van der Waals surface area contributed by atoms with E-state index in [1.54, 1.807) is 4.90 Å². The van der Waals surface area contributed by atoms with E-state index in [0.29, 0.717) is 31.9 Å². The summed E-state index contributed by atoms with van der Waals surface area (Å²) in [5.41, 5.74) is 0.488. The third-order valence-electron chi connectivity index (χ3n) is 5.71. The van der Waals surface area contributed by atoms with Crippen LogP contribution in [0.1, 0.15) is 45.1 Å². The molecule has 184 valence electrons. The molecule has 8 nitrogen and oxygen atoms in total. The minimum atomic E-state index is -0.638. The van der Waals surface area contributed by atoms with Gasteiger partial charge in [-0.1, -0.05) is 12.1 Å². The second kappa shape index (κ2) is 10.4. The summed E-state index contributed by atoms with van der Waals surface area (Å²) in [5, 5.41) is 10.6. The molecule has 0 aliphatic carbocycles. The fourth-order valence-electron chi connectivity index (χ4n) is 4.03. The van der Waals surface area contributed by atoms with E-state index in [4.69, 9.17) is 23.7 Å². The second-order valence-corrected chi connectivity index (χ2v) is 9.52. The predicted molar refractivity (Wildman–Crippen MR) is 126 cm³/mol. The van der Waals surface area contributed by atoms with E-state index in [1.165, 1.54) is 0 Å². The molecule has 1 amide bonds. The molecule has 2 atom stereocenters. The van der Waals surface area contributed by atoms with Crippen molar-refractivity contribution in [2.75, 3.05) is 33.1 Å². The van der Waals surface area contributed by atoms with Gasteiger partial charge in [0.25, 0.3) is 0 Å². The van der Waals surface area contributed by atoms with E-state index in [2.05, 4.69) is 0 Å². The first-order valence-electron chi connectivity index (χ1n) is 11.7. The van der Waals surface area contributed by atoms with Gasteiger partial charge in [-0.15, -0.1) is 0 Å². The second-order valence-electron chi connectivity index (χ2n) is 9.52. The van der Waals surface area contributed by atoms with Crippen LogP contribution in [0.15, 0.2) is 42.5 Å². The Hall–Kier alpha value is -3.13. The summed E-state index contributed by atoms with van der Waals surface area (Å²) < 4.78 is 27.6. The summed E-state index contributed by atoms with van der Waals surface area (Å²) in [4.78, 5) is 13.9. The molecule has 1 N–H and O–H groups in total. The highest BCUT2D eigenvalue weighted by Gasteiger charge is 2.33. The monoisotopic (exact) mass is 471 g/mol. The third-order valence-corrected chi connectivity index (χ3v) is 5.71. The molecule has 0 aromatic heterocycles. The van der Waals surface area contributed by atoms with Crippen molar-refractivity contribution in [3.63, 3.8) is 0 Å². The quantitative estimate of drug-likeness (QED) is 0.601. The summed E-state index contributed by atoms with van der Waals surface area (Å²) >= 11 is 0. The zero-order chi connectivity index (χ0) is 24.1. The number of hydrogen-bond donors (Lipinski definition) is 1. The van der Waals surface area contributed by atoms with Gasteiger partial charge in [0.1, 0.15) is 17.1 Å². The van der Waals surface area contributed by atoms with Crippen molar-refractivity contribution in [2.45, 2.75) is 51.2 Å². The Bertz CT molecular complexity index is 970. The highest BCUT2D eigenvalue weighted by atomic mass is 16.7. The normalized spacial score (nSPS) is 19.6. The maximum atomic E-state index is 12.3. The zero-order valence-electron chi connectivity index (χ0n) is 20.0. The lowest BCUT2D eigenvalue weighted by molar-refractivity contribution is -0.00152. The number of rotatable bonds is 7. The van der Waals surface area contributed by atoms with Gasteiger partial charge in [0.15, 0.2) is 11.5 Å². The summed E-state index contributed by atoms with van der Waals surface area (Å²) in [7, 11) is 0. The average molecular weight is 472 g/mol. The number of β-amino-alcohol motifs (C(OH)–C–C–N with tert-alkyl or cyclic N) is 1. The topological polar surface area (TPSA) is 86.7 Å². The van der Waals surface area contributed by atoms with Crippen LogP contribution in [0, 0.1) is 0 Å². The van der Waals surface area contributed by atoms with Gasteiger partial charge in [-0.05, 0) is 57.0 Å². The third kappa shape index (κ3) is 6.26. The summed E-state index contributed by atoms with van der Waals surface area (Å²) in [6.07, 6.45) is 0.396. The fraction of sp³-hybridized carbons (Fsp3) is 0.500. The molecule has 0 radical (unpaired) electrons. The number of nitrogens with zero attached hydrogens (tertiary/aromatic N) is 1. The van der Waals surface area contributed by atoms with Crippen molar-refractivity contribution in [2.24, 2.45) is 0 Å². The molecule has 2 unspecified atom stereocenters. The van der Waals surface area contributed by atoms with Crippen molar-refractivity contribution < 1.29 is 33.6 Å². The van der Waals surface area contributed by atoms with E-state index in [0.717, 1.165) is 29.2 Å². The van der Waals surface area contributed by atoms with Gasteiger partial charge in [0, 0.05) is 24.9 Å². The van der Waals surface area contributed by atoms with Gasteiger partial charge in [0.05, 0.1) is 25.9 Å². The van der Waals surface area contributed by atoms with Crippen molar-refractivity contribution in [3.05, 3.63) is 48.0 Å². The summed E-state index contributed by atoms with van der Waals surface area (Å²) in [5.74, 6) is 2.93. The molecular formula is C26H33NO7. The number of amides is 1. The number of hydrogen-bond acceptors (Lipinski definition) is 7. The first-order valence-corrected chi connectivity index (χ1v) is 11.7. The van der Waals surface area contributed by atoms with Crippen molar-refractivity contribution in [3.8, 4) is 23.0 Å². The van der Waals surface area contributed by atoms with Crippen molar-refractivity contribution in [1.29, 1.82) is 0 Å². The van der Waals surface area contributed by atoms with Crippen LogP contribution in [-0.4, -0.2) is 60.9 Å². The van der Waals surface area contributed by atoms with Crippen LogP contribution in [0.3, 0.4) is 0 Å². The molecule has 1 fully saturated rings. The van der Waals surface area contributed by atoms with Crippen molar-refractivity contribution in [1.82, 2.24) is 4.90 Å². The zero-order valence-corrected chi connectivity index (χ0v) is 20.0. The highest BCUT2D eigenvalue weighted by Crippen LogP contribution is 2.35. The number of benzene rings is 2. The van der Waals surface area contributed by atoms with E-state index >= 15 is 0 Å². The van der Waals surface area contributed by atoms with E-state index < -0.39 is 11.7 Å². The Morgan fingerprint density at radius 2 is 1.71 bits per heavy atom. The Labute approximate surface area is 200 Å². The molecule has 2 aromatic carbocycles. The maximum absolute atomic E-state index is 12.3. The molecular weight excluding hydrogens is 438 g/mol. The molecule has 2 aliphatic rings. The van der Waals surface area contributed by atoms with Crippen LogP contribution in [0.4, 0.5) is 4.79 Å². The maximum Gasteiger partial charge on any atom is 0.410 e. The molecule has 4 rings (SSSR count). The van der Waals surface area contributed by atoms with Gasteiger partial charge in [-0.25, -0.2) is 4.79 Å². The number of carbonyl (C=O) groups is 1. The van der Waals surface area contributed by atoms with Gasteiger partial charge in [-0.2, -0.15) is 0 Å².